The van der Waals surface area contributed by atoms with Gasteiger partial charge in [0.05, 0.1) is 0 Å². The Labute approximate surface area is 465 Å². The second-order valence-electron chi connectivity index (χ2n) is 28.3. The molecule has 0 bridgehead atoms. The van der Waals surface area contributed by atoms with Gasteiger partial charge >= 0.3 is 0 Å². The fourth-order valence-electron chi connectivity index (χ4n) is 9.41. The smallest absolute Gasteiger partial charge is 0.0485 e. The highest BCUT2D eigenvalue weighted by molar-refractivity contribution is 9.10. The fraction of sp³-hybridized carbons (Fsp3) is 0.400. The van der Waals surface area contributed by atoms with E-state index in [9.17, 15) is 0 Å². The van der Waals surface area contributed by atoms with E-state index >= 15 is 0 Å². The zero-order chi connectivity index (χ0) is 54.9. The Balaban J connectivity index is 1.59. The molecule has 0 radical (unpaired) electrons. The molecule has 0 aromatic heterocycles. The van der Waals surface area contributed by atoms with Gasteiger partial charge in [0.15, 0.2) is 0 Å². The van der Waals surface area contributed by atoms with Crippen LogP contribution in [0.1, 0.15) is 184 Å². The van der Waals surface area contributed by atoms with Crippen LogP contribution in [0.15, 0.2) is 148 Å². The summed E-state index contributed by atoms with van der Waals surface area (Å²) in [6.07, 6.45) is 0. The van der Waals surface area contributed by atoms with Crippen molar-refractivity contribution in [2.24, 2.45) is 0 Å². The average Bonchev–Trinajstić information content (AvgIpc) is 3.27. The molecule has 0 saturated carbocycles. The molecule has 7 aromatic carbocycles. The van der Waals surface area contributed by atoms with Crippen molar-refractivity contribution in [3.05, 3.63) is 187 Å². The van der Waals surface area contributed by atoms with Crippen LogP contribution in [-0.2, 0) is 37.9 Å². The van der Waals surface area contributed by atoms with Gasteiger partial charge in [0.2, 0.25) is 0 Å². The molecule has 0 aliphatic heterocycles. The SMILES string of the molecule is CC(C)(C)c1cc(-c2cc(C(C)(C)C)cc(C(C)(C)C)c2)cc(N(c2cccc(Br)c2)c2cc(N(c3cccc(Br)c3)c3cc(-c4cc(C(C)(C)C)cc(C(C)(C)C)c4)cc(C(C)(C)C)c3)cc(C(C)(C)C)c2)c1. The van der Waals surface area contributed by atoms with Gasteiger partial charge in [0.1, 0.15) is 0 Å². The lowest BCUT2D eigenvalue weighted by Gasteiger charge is -2.34. The zero-order valence-electron chi connectivity index (χ0n) is 48.9. The first-order chi connectivity index (χ1) is 33.9. The van der Waals surface area contributed by atoms with Gasteiger partial charge in [-0.25, -0.2) is 0 Å². The molecule has 0 saturated heterocycles. The van der Waals surface area contributed by atoms with E-state index in [1.54, 1.807) is 0 Å². The van der Waals surface area contributed by atoms with Crippen LogP contribution in [0.2, 0.25) is 0 Å². The van der Waals surface area contributed by atoms with Crippen molar-refractivity contribution in [2.75, 3.05) is 9.80 Å². The van der Waals surface area contributed by atoms with Gasteiger partial charge in [0, 0.05) is 43.1 Å². The summed E-state index contributed by atoms with van der Waals surface area (Å²) in [6, 6.07) is 54.0. The highest BCUT2D eigenvalue weighted by Gasteiger charge is 2.29. The maximum Gasteiger partial charge on any atom is 0.0485 e. The summed E-state index contributed by atoms with van der Waals surface area (Å²) >= 11 is 7.83. The molecule has 0 amide bonds. The second kappa shape index (κ2) is 20.2. The predicted molar refractivity (Wildman–Crippen MR) is 333 cm³/mol. The summed E-state index contributed by atoms with van der Waals surface area (Å²) in [4.78, 5) is 4.98. The first kappa shape index (κ1) is 56.8. The van der Waals surface area contributed by atoms with Crippen molar-refractivity contribution in [1.29, 1.82) is 0 Å². The maximum absolute atomic E-state index is 3.92. The van der Waals surface area contributed by atoms with Crippen molar-refractivity contribution in [3.8, 4) is 22.3 Å². The number of rotatable bonds is 8. The molecule has 74 heavy (non-hydrogen) atoms. The quantitative estimate of drug-likeness (QED) is 0.150. The molecule has 4 heteroatoms. The van der Waals surface area contributed by atoms with E-state index in [1.165, 1.54) is 61.2 Å². The lowest BCUT2D eigenvalue weighted by molar-refractivity contribution is 0.568. The summed E-state index contributed by atoms with van der Waals surface area (Å²) in [5.74, 6) is 0. The fourth-order valence-corrected chi connectivity index (χ4v) is 10.2. The third-order valence-electron chi connectivity index (χ3n) is 14.5. The Bertz CT molecular complexity index is 2910. The summed E-state index contributed by atoms with van der Waals surface area (Å²) in [7, 11) is 0. The van der Waals surface area contributed by atoms with Gasteiger partial charge in [0.25, 0.3) is 0 Å². The number of halogens is 2. The predicted octanol–water partition coefficient (Wildman–Crippen LogP) is 22.6. The van der Waals surface area contributed by atoms with Crippen LogP contribution in [-0.4, -0.2) is 0 Å². The third-order valence-corrected chi connectivity index (χ3v) is 15.5. The molecule has 2 nitrogen and oxygen atoms in total. The molecule has 0 fully saturated rings. The van der Waals surface area contributed by atoms with E-state index in [2.05, 4.69) is 327 Å². The van der Waals surface area contributed by atoms with Crippen molar-refractivity contribution in [1.82, 2.24) is 0 Å². The van der Waals surface area contributed by atoms with Gasteiger partial charge in [-0.15, -0.1) is 0 Å². The molecular formula is C70H86Br2N2. The summed E-state index contributed by atoms with van der Waals surface area (Å²) in [6.45, 7) is 49.0. The molecule has 7 aromatic rings. The second-order valence-corrected chi connectivity index (χ2v) is 30.1. The van der Waals surface area contributed by atoms with E-state index in [-0.39, 0.29) is 37.9 Å². The molecule has 390 valence electrons. The van der Waals surface area contributed by atoms with Gasteiger partial charge in [-0.05, 0) is 178 Å². The van der Waals surface area contributed by atoms with Crippen LogP contribution >= 0.6 is 31.9 Å². The molecule has 7 rings (SSSR count). The zero-order valence-corrected chi connectivity index (χ0v) is 52.1. The van der Waals surface area contributed by atoms with Gasteiger partial charge in [-0.1, -0.05) is 238 Å². The van der Waals surface area contributed by atoms with Crippen LogP contribution in [0.5, 0.6) is 0 Å². The van der Waals surface area contributed by atoms with Crippen LogP contribution < -0.4 is 9.80 Å². The topological polar surface area (TPSA) is 6.48 Å². The molecule has 0 aliphatic rings. The van der Waals surface area contributed by atoms with Gasteiger partial charge in [-0.3, -0.25) is 0 Å². The number of hydrogen-bond acceptors (Lipinski definition) is 2. The van der Waals surface area contributed by atoms with Crippen LogP contribution in [0.4, 0.5) is 34.1 Å². The van der Waals surface area contributed by atoms with Crippen LogP contribution in [0.3, 0.4) is 0 Å². The Morgan fingerprint density at radius 1 is 0.230 bits per heavy atom. The number of benzene rings is 7. The minimum atomic E-state index is -0.193. The monoisotopic (exact) mass is 1110 g/mol. The largest absolute Gasteiger partial charge is 0.310 e. The van der Waals surface area contributed by atoms with E-state index in [4.69, 9.17) is 0 Å². The summed E-state index contributed by atoms with van der Waals surface area (Å²) < 4.78 is 2.05. The first-order valence-electron chi connectivity index (χ1n) is 26.8. The van der Waals surface area contributed by atoms with Crippen molar-refractivity contribution >= 4 is 66.0 Å². The van der Waals surface area contributed by atoms with Gasteiger partial charge < -0.3 is 9.80 Å². The molecule has 0 atom stereocenters. The molecule has 0 aliphatic carbocycles. The highest BCUT2D eigenvalue weighted by atomic mass is 79.9. The normalized spacial score (nSPS) is 13.1. The highest BCUT2D eigenvalue weighted by Crippen LogP contribution is 2.48. The van der Waals surface area contributed by atoms with E-state index in [1.807, 2.05) is 0 Å². The lowest BCUT2D eigenvalue weighted by atomic mass is 9.78. The molecular weight excluding hydrogens is 1030 g/mol. The molecule has 0 unspecified atom stereocenters. The van der Waals surface area contributed by atoms with Gasteiger partial charge in [-0.2, -0.15) is 0 Å². The average molecular weight is 1120 g/mol. The Morgan fingerprint density at radius 2 is 0.446 bits per heavy atom. The number of anilines is 6. The van der Waals surface area contributed by atoms with Crippen LogP contribution in [0, 0.1) is 0 Å². The summed E-state index contributed by atoms with van der Waals surface area (Å²) in [5.41, 5.74) is 20.1. The standard InChI is InChI=1S/C70H86Br2N2/c1-64(2,3)49-28-45(29-50(36-49)65(4,5)6)47-32-53(68(13,14)15)38-60(34-47)73(58-26-22-24-56(71)42-58)62-40-55(70(19,20)21)41-63(44-62)74(59-27-23-25-57(72)43-59)61-35-48(33-54(39-61)69(16,17)18)46-30-51(66(7,8)9)37-52(31-46)67(10,11)12/h22-44H,1-21H3. The minimum Gasteiger partial charge on any atom is -0.310 e. The molecule has 0 heterocycles. The van der Waals surface area contributed by atoms with Crippen LogP contribution in [0.25, 0.3) is 22.3 Å². The third kappa shape index (κ3) is 13.2. The molecule has 0 spiro atoms. The Morgan fingerprint density at radius 3 is 0.689 bits per heavy atom. The van der Waals surface area contributed by atoms with E-state index < -0.39 is 0 Å². The minimum absolute atomic E-state index is 0.0220. The van der Waals surface area contributed by atoms with E-state index in [0.29, 0.717) is 0 Å². The number of nitrogens with zero attached hydrogens (tertiary/aromatic N) is 2. The Hall–Kier alpha value is -4.90. The Kier molecular flexibility index (Phi) is 15.5. The number of hydrogen-bond donors (Lipinski definition) is 0. The van der Waals surface area contributed by atoms with Crippen molar-refractivity contribution < 1.29 is 0 Å². The van der Waals surface area contributed by atoms with Crippen molar-refractivity contribution in [2.45, 2.75) is 183 Å². The summed E-state index contributed by atoms with van der Waals surface area (Å²) in [5, 5.41) is 0. The first-order valence-corrected chi connectivity index (χ1v) is 28.4. The lowest BCUT2D eigenvalue weighted by Crippen LogP contribution is -2.19. The maximum atomic E-state index is 3.92. The molecule has 0 N–H and O–H groups in total. The van der Waals surface area contributed by atoms with E-state index in [0.717, 1.165) is 43.1 Å². The van der Waals surface area contributed by atoms with Crippen molar-refractivity contribution in [3.63, 3.8) is 0 Å².